The van der Waals surface area contributed by atoms with Crippen LogP contribution in [-0.4, -0.2) is 23.5 Å². The van der Waals surface area contributed by atoms with Crippen LogP contribution >= 0.6 is 0 Å². The van der Waals surface area contributed by atoms with Crippen molar-refractivity contribution in [3.05, 3.63) is 71.8 Å². The fourth-order valence-electron chi connectivity index (χ4n) is 4.27. The molecule has 0 aliphatic carbocycles. The van der Waals surface area contributed by atoms with Crippen molar-refractivity contribution in [1.29, 1.82) is 0 Å². The smallest absolute Gasteiger partial charge is 0.259 e. The Balaban J connectivity index is 2.00. The number of ether oxygens (including phenoxy) is 1. The maximum Gasteiger partial charge on any atom is 0.259 e. The van der Waals surface area contributed by atoms with E-state index in [-0.39, 0.29) is 11.8 Å². The number of aryl methyl sites for hydroxylation is 1. The standard InChI is InChI=1S/C24H18N2O3/c1-4-13-10-17-16(12-19(13)29-3)20-18(26(17)2)11-15(14-8-6-5-7-9-14)21-22(20)24(28)25-23(21)27/h4-12H,1H2,2-3H3,(H,25,27,28). The zero-order valence-electron chi connectivity index (χ0n) is 16.1. The third-order valence-corrected chi connectivity index (χ3v) is 5.63. The number of methoxy groups -OCH3 is 1. The number of carbonyl (C=O) groups excluding carboxylic acids is 2. The summed E-state index contributed by atoms with van der Waals surface area (Å²) in [5.74, 6) is -0.0601. The first-order valence-corrected chi connectivity index (χ1v) is 9.25. The summed E-state index contributed by atoms with van der Waals surface area (Å²) in [4.78, 5) is 25.5. The molecular weight excluding hydrogens is 364 g/mol. The molecule has 0 saturated carbocycles. The third-order valence-electron chi connectivity index (χ3n) is 5.63. The van der Waals surface area contributed by atoms with Gasteiger partial charge < -0.3 is 9.30 Å². The molecule has 0 spiro atoms. The molecule has 142 valence electrons. The monoisotopic (exact) mass is 382 g/mol. The quantitative estimate of drug-likeness (QED) is 0.530. The fraction of sp³-hybridized carbons (Fsp3) is 0.0833. The van der Waals surface area contributed by atoms with E-state index >= 15 is 0 Å². The maximum absolute atomic E-state index is 12.8. The van der Waals surface area contributed by atoms with E-state index in [2.05, 4.69) is 11.9 Å². The number of nitrogens with zero attached hydrogens (tertiary/aromatic N) is 1. The Morgan fingerprint density at radius 1 is 1.00 bits per heavy atom. The Kier molecular flexibility index (Phi) is 3.61. The lowest BCUT2D eigenvalue weighted by atomic mass is 9.93. The topological polar surface area (TPSA) is 60.3 Å². The van der Waals surface area contributed by atoms with Crippen molar-refractivity contribution in [3.8, 4) is 16.9 Å². The summed E-state index contributed by atoms with van der Waals surface area (Å²) < 4.78 is 7.56. The molecule has 1 aliphatic rings. The summed E-state index contributed by atoms with van der Waals surface area (Å²) >= 11 is 0. The first-order chi connectivity index (χ1) is 14.0. The van der Waals surface area contributed by atoms with Gasteiger partial charge in [0.2, 0.25) is 0 Å². The molecule has 0 radical (unpaired) electrons. The average molecular weight is 382 g/mol. The average Bonchev–Trinajstić information content (AvgIpc) is 3.20. The molecule has 4 aromatic rings. The van der Waals surface area contributed by atoms with E-state index in [1.165, 1.54) is 0 Å². The highest BCUT2D eigenvalue weighted by atomic mass is 16.5. The van der Waals surface area contributed by atoms with Gasteiger partial charge in [0, 0.05) is 28.9 Å². The van der Waals surface area contributed by atoms with Crippen molar-refractivity contribution in [1.82, 2.24) is 9.88 Å². The molecule has 0 atom stereocenters. The molecule has 0 bridgehead atoms. The number of fused-ring (bicyclic) bond motifs is 5. The Morgan fingerprint density at radius 2 is 1.72 bits per heavy atom. The van der Waals surface area contributed by atoms with Crippen molar-refractivity contribution < 1.29 is 14.3 Å². The number of amides is 2. The molecule has 2 amide bonds. The highest BCUT2D eigenvalue weighted by Gasteiger charge is 2.34. The molecule has 5 nitrogen and oxygen atoms in total. The molecule has 5 heteroatoms. The molecule has 3 aromatic carbocycles. The Bertz CT molecular complexity index is 1360. The van der Waals surface area contributed by atoms with Crippen LogP contribution in [-0.2, 0) is 7.05 Å². The van der Waals surface area contributed by atoms with Crippen molar-refractivity contribution in [2.75, 3.05) is 7.11 Å². The lowest BCUT2D eigenvalue weighted by Gasteiger charge is -2.09. The first-order valence-electron chi connectivity index (χ1n) is 9.25. The van der Waals surface area contributed by atoms with Crippen LogP contribution in [0.15, 0.2) is 55.1 Å². The normalized spacial score (nSPS) is 13.0. The van der Waals surface area contributed by atoms with Crippen molar-refractivity contribution in [2.45, 2.75) is 0 Å². The predicted octanol–water partition coefficient (Wildman–Crippen LogP) is 4.53. The Hall–Kier alpha value is -3.86. The van der Waals surface area contributed by atoms with Crippen molar-refractivity contribution in [3.63, 3.8) is 0 Å². The zero-order valence-corrected chi connectivity index (χ0v) is 16.1. The lowest BCUT2D eigenvalue weighted by molar-refractivity contribution is 0.0880. The summed E-state index contributed by atoms with van der Waals surface area (Å²) in [6, 6.07) is 15.5. The van der Waals surface area contributed by atoms with E-state index in [1.54, 1.807) is 13.2 Å². The van der Waals surface area contributed by atoms with Crippen molar-refractivity contribution in [2.24, 2.45) is 7.05 Å². The summed E-state index contributed by atoms with van der Waals surface area (Å²) in [7, 11) is 3.56. The number of carbonyl (C=O) groups is 2. The molecule has 5 rings (SSSR count). The van der Waals surface area contributed by atoms with Gasteiger partial charge >= 0.3 is 0 Å². The van der Waals surface area contributed by atoms with Gasteiger partial charge in [-0.05, 0) is 29.3 Å². The van der Waals surface area contributed by atoms with E-state index in [0.29, 0.717) is 16.9 Å². The fourth-order valence-corrected chi connectivity index (χ4v) is 4.27. The largest absolute Gasteiger partial charge is 0.496 e. The number of aromatic nitrogens is 1. The Morgan fingerprint density at radius 3 is 2.41 bits per heavy atom. The van der Waals surface area contributed by atoms with E-state index in [1.807, 2.05) is 60.1 Å². The molecule has 0 unspecified atom stereocenters. The first kappa shape index (κ1) is 17.3. The van der Waals surface area contributed by atoms with E-state index in [9.17, 15) is 9.59 Å². The zero-order chi connectivity index (χ0) is 20.3. The number of rotatable bonds is 3. The van der Waals surface area contributed by atoms with Crippen LogP contribution in [0, 0.1) is 0 Å². The van der Waals surface area contributed by atoms with Gasteiger partial charge in [0.15, 0.2) is 0 Å². The van der Waals surface area contributed by atoms with E-state index < -0.39 is 0 Å². The van der Waals surface area contributed by atoms with Crippen LogP contribution in [0.3, 0.4) is 0 Å². The van der Waals surface area contributed by atoms with Crippen LogP contribution in [0.5, 0.6) is 5.75 Å². The molecule has 1 aliphatic heterocycles. The van der Waals surface area contributed by atoms with E-state index in [4.69, 9.17) is 4.74 Å². The second kappa shape index (κ2) is 6.07. The minimum atomic E-state index is -0.368. The minimum absolute atomic E-state index is 0.363. The Labute approximate surface area is 167 Å². The lowest BCUT2D eigenvalue weighted by Crippen LogP contribution is -2.20. The molecule has 1 aromatic heterocycles. The molecule has 0 saturated heterocycles. The van der Waals surface area contributed by atoms with E-state index in [0.717, 1.165) is 38.5 Å². The van der Waals surface area contributed by atoms with Crippen LogP contribution in [0.1, 0.15) is 26.3 Å². The van der Waals surface area contributed by atoms with Crippen LogP contribution in [0.25, 0.3) is 39.0 Å². The second-order valence-electron chi connectivity index (χ2n) is 7.09. The second-order valence-corrected chi connectivity index (χ2v) is 7.09. The number of nitrogens with one attached hydrogen (secondary N) is 1. The minimum Gasteiger partial charge on any atom is -0.496 e. The predicted molar refractivity (Wildman–Crippen MR) is 114 cm³/mol. The van der Waals surface area contributed by atoms with Gasteiger partial charge in [-0.1, -0.05) is 43.0 Å². The van der Waals surface area contributed by atoms with Gasteiger partial charge in [-0.25, -0.2) is 0 Å². The molecular formula is C24H18N2O3. The number of hydrogen-bond donors (Lipinski definition) is 1. The molecule has 29 heavy (non-hydrogen) atoms. The molecule has 0 fully saturated rings. The van der Waals surface area contributed by atoms with Crippen LogP contribution in [0.2, 0.25) is 0 Å². The molecule has 2 heterocycles. The van der Waals surface area contributed by atoms with Gasteiger partial charge in [-0.2, -0.15) is 0 Å². The van der Waals surface area contributed by atoms with Gasteiger partial charge in [0.25, 0.3) is 11.8 Å². The van der Waals surface area contributed by atoms with Crippen LogP contribution < -0.4 is 10.1 Å². The SMILES string of the molecule is C=Cc1cc2c(cc1OC)c1c3c(c(-c4ccccc4)cc1n2C)C(=O)NC3=O. The number of imide groups is 1. The third kappa shape index (κ3) is 2.27. The summed E-state index contributed by atoms with van der Waals surface area (Å²) in [6.07, 6.45) is 1.74. The van der Waals surface area contributed by atoms with Crippen LogP contribution in [0.4, 0.5) is 0 Å². The summed E-state index contributed by atoms with van der Waals surface area (Å²) in [5.41, 5.74) is 5.18. The van der Waals surface area contributed by atoms with Gasteiger partial charge in [0.05, 0.1) is 23.8 Å². The van der Waals surface area contributed by atoms with Crippen molar-refractivity contribution >= 4 is 39.7 Å². The summed E-state index contributed by atoms with van der Waals surface area (Å²) in [5, 5.41) is 4.10. The highest BCUT2D eigenvalue weighted by molar-refractivity contribution is 6.32. The van der Waals surface area contributed by atoms with Gasteiger partial charge in [-0.15, -0.1) is 0 Å². The summed E-state index contributed by atoms with van der Waals surface area (Å²) in [6.45, 7) is 3.87. The van der Waals surface area contributed by atoms with Gasteiger partial charge in [0.1, 0.15) is 5.75 Å². The number of benzene rings is 3. The number of hydrogen-bond acceptors (Lipinski definition) is 3. The maximum atomic E-state index is 12.8. The van der Waals surface area contributed by atoms with Gasteiger partial charge in [-0.3, -0.25) is 14.9 Å². The highest BCUT2D eigenvalue weighted by Crippen LogP contribution is 2.41. The molecule has 1 N–H and O–H groups in total.